The molecule has 0 aliphatic carbocycles. The van der Waals surface area contributed by atoms with Crippen LogP contribution in [0.1, 0.15) is 39.2 Å². The summed E-state index contributed by atoms with van der Waals surface area (Å²) in [6, 6.07) is 3.02. The molecule has 1 fully saturated rings. The van der Waals surface area contributed by atoms with E-state index in [9.17, 15) is 18.0 Å². The van der Waals surface area contributed by atoms with Gasteiger partial charge in [-0.2, -0.15) is 13.2 Å². The molecule has 1 aliphatic heterocycles. The first kappa shape index (κ1) is 20.2. The van der Waals surface area contributed by atoms with Gasteiger partial charge in [-0.15, -0.1) is 0 Å². The lowest BCUT2D eigenvalue weighted by atomic mass is 9.99. The van der Waals surface area contributed by atoms with Gasteiger partial charge in [0.2, 0.25) is 0 Å². The van der Waals surface area contributed by atoms with Crippen LogP contribution < -0.4 is 10.5 Å². The van der Waals surface area contributed by atoms with Crippen molar-refractivity contribution in [1.29, 1.82) is 0 Å². The maximum Gasteiger partial charge on any atom is 0.416 e. The number of halogens is 3. The largest absolute Gasteiger partial charge is 0.491 e. The van der Waals surface area contributed by atoms with E-state index >= 15 is 0 Å². The summed E-state index contributed by atoms with van der Waals surface area (Å²) in [6.07, 6.45) is -3.24. The monoisotopic (exact) mass is 374 g/mol. The Morgan fingerprint density at radius 2 is 2.00 bits per heavy atom. The van der Waals surface area contributed by atoms with Crippen molar-refractivity contribution < 1.29 is 27.4 Å². The standard InChI is InChI=1S/C18H25F3N2O3/c1-17(2,3)26-16(24)23-8-4-5-12(10-23)11-25-15-9-13(18(19,20)21)6-7-14(15)22/h6-7,9,12H,4-5,8,10-11,22H2,1-3H3. The Morgan fingerprint density at radius 3 is 2.62 bits per heavy atom. The van der Waals surface area contributed by atoms with E-state index in [-0.39, 0.29) is 30.1 Å². The highest BCUT2D eigenvalue weighted by molar-refractivity contribution is 5.68. The van der Waals surface area contributed by atoms with Gasteiger partial charge in [0.25, 0.3) is 0 Å². The SMILES string of the molecule is CC(C)(C)OC(=O)N1CCCC(COc2cc(C(F)(F)F)ccc2N)C1. The van der Waals surface area contributed by atoms with Crippen LogP contribution in [0, 0.1) is 5.92 Å². The number of carbonyl (C=O) groups excluding carboxylic acids is 1. The van der Waals surface area contributed by atoms with Crippen LogP contribution in [0.25, 0.3) is 0 Å². The smallest absolute Gasteiger partial charge is 0.416 e. The number of likely N-dealkylation sites (tertiary alicyclic amines) is 1. The highest BCUT2D eigenvalue weighted by atomic mass is 19.4. The molecule has 1 aromatic carbocycles. The Morgan fingerprint density at radius 1 is 1.31 bits per heavy atom. The first-order chi connectivity index (χ1) is 12.0. The fraction of sp³-hybridized carbons (Fsp3) is 0.611. The number of anilines is 1. The van der Waals surface area contributed by atoms with Gasteiger partial charge in [-0.1, -0.05) is 0 Å². The maximum atomic E-state index is 12.8. The van der Waals surface area contributed by atoms with Crippen LogP contribution in [0.5, 0.6) is 5.75 Å². The molecule has 5 nitrogen and oxygen atoms in total. The summed E-state index contributed by atoms with van der Waals surface area (Å²) < 4.78 is 49.3. The Bertz CT molecular complexity index is 642. The van der Waals surface area contributed by atoms with Gasteiger partial charge < -0.3 is 20.1 Å². The van der Waals surface area contributed by atoms with Crippen LogP contribution in [0.4, 0.5) is 23.7 Å². The number of nitrogen functional groups attached to an aromatic ring is 1. The predicted octanol–water partition coefficient (Wildman–Crippen LogP) is 4.31. The molecule has 0 saturated carbocycles. The summed E-state index contributed by atoms with van der Waals surface area (Å²) in [7, 11) is 0. The van der Waals surface area contributed by atoms with E-state index < -0.39 is 17.3 Å². The van der Waals surface area contributed by atoms with Gasteiger partial charge in [0, 0.05) is 19.0 Å². The third-order valence-electron chi connectivity index (χ3n) is 3.99. The van der Waals surface area contributed by atoms with Crippen molar-refractivity contribution in [3.8, 4) is 5.75 Å². The zero-order chi connectivity index (χ0) is 19.5. The number of carbonyl (C=O) groups is 1. The average molecular weight is 374 g/mol. The van der Waals surface area contributed by atoms with Crippen LogP contribution in [0.3, 0.4) is 0 Å². The normalized spacial score (nSPS) is 18.5. The number of amides is 1. The molecule has 2 N–H and O–H groups in total. The number of ether oxygens (including phenoxy) is 2. The molecule has 1 aromatic rings. The molecule has 1 amide bonds. The number of nitrogens with zero attached hydrogens (tertiary/aromatic N) is 1. The summed E-state index contributed by atoms with van der Waals surface area (Å²) >= 11 is 0. The number of hydrogen-bond donors (Lipinski definition) is 1. The molecule has 26 heavy (non-hydrogen) atoms. The van der Waals surface area contributed by atoms with Gasteiger partial charge >= 0.3 is 12.3 Å². The van der Waals surface area contributed by atoms with E-state index in [0.717, 1.165) is 25.0 Å². The number of nitrogens with two attached hydrogens (primary N) is 1. The van der Waals surface area contributed by atoms with E-state index in [0.29, 0.717) is 13.1 Å². The Balaban J connectivity index is 1.96. The minimum atomic E-state index is -4.45. The van der Waals surface area contributed by atoms with Crippen LogP contribution in [-0.4, -0.2) is 36.3 Å². The molecule has 2 rings (SSSR count). The summed E-state index contributed by atoms with van der Waals surface area (Å²) in [6.45, 7) is 6.61. The molecule has 1 aliphatic rings. The lowest BCUT2D eigenvalue weighted by molar-refractivity contribution is -0.137. The van der Waals surface area contributed by atoms with Crippen molar-refractivity contribution in [2.24, 2.45) is 5.92 Å². The minimum absolute atomic E-state index is 0.00483. The predicted molar refractivity (Wildman–Crippen MR) is 91.9 cm³/mol. The fourth-order valence-electron chi connectivity index (χ4n) is 2.74. The van der Waals surface area contributed by atoms with Gasteiger partial charge in [-0.3, -0.25) is 0 Å². The van der Waals surface area contributed by atoms with Crippen LogP contribution in [0.15, 0.2) is 18.2 Å². The minimum Gasteiger partial charge on any atom is -0.491 e. The highest BCUT2D eigenvalue weighted by Gasteiger charge is 2.32. The highest BCUT2D eigenvalue weighted by Crippen LogP contribution is 2.34. The third kappa shape index (κ3) is 5.71. The first-order valence-electron chi connectivity index (χ1n) is 8.53. The van der Waals surface area contributed by atoms with Gasteiger partial charge in [0.05, 0.1) is 17.9 Å². The molecule has 1 heterocycles. The van der Waals surface area contributed by atoms with E-state index in [1.807, 2.05) is 0 Å². The third-order valence-corrected chi connectivity index (χ3v) is 3.99. The zero-order valence-corrected chi connectivity index (χ0v) is 15.2. The van der Waals surface area contributed by atoms with E-state index in [1.54, 1.807) is 25.7 Å². The van der Waals surface area contributed by atoms with Crippen LogP contribution in [-0.2, 0) is 10.9 Å². The lowest BCUT2D eigenvalue weighted by Gasteiger charge is -2.34. The van der Waals surface area contributed by atoms with Crippen molar-refractivity contribution in [2.75, 3.05) is 25.4 Å². The molecule has 0 aromatic heterocycles. The number of piperidine rings is 1. The Kier molecular flexibility index (Phi) is 5.93. The Hall–Kier alpha value is -2.12. The maximum absolute atomic E-state index is 12.8. The molecule has 0 bridgehead atoms. The average Bonchev–Trinajstić information content (AvgIpc) is 2.51. The van der Waals surface area contributed by atoms with Crippen molar-refractivity contribution >= 4 is 11.8 Å². The molecular weight excluding hydrogens is 349 g/mol. The van der Waals surface area contributed by atoms with Crippen molar-refractivity contribution in [1.82, 2.24) is 4.90 Å². The molecule has 0 radical (unpaired) electrons. The van der Waals surface area contributed by atoms with Gasteiger partial charge in [-0.25, -0.2) is 4.79 Å². The summed E-state index contributed by atoms with van der Waals surface area (Å²) in [5.41, 5.74) is 4.49. The molecule has 0 spiro atoms. The molecule has 1 unspecified atom stereocenters. The molecule has 146 valence electrons. The van der Waals surface area contributed by atoms with Crippen LogP contribution in [0.2, 0.25) is 0 Å². The second kappa shape index (κ2) is 7.63. The van der Waals surface area contributed by atoms with Crippen molar-refractivity contribution in [3.05, 3.63) is 23.8 Å². The zero-order valence-electron chi connectivity index (χ0n) is 15.2. The fourth-order valence-corrected chi connectivity index (χ4v) is 2.74. The van der Waals surface area contributed by atoms with Crippen molar-refractivity contribution in [3.63, 3.8) is 0 Å². The lowest BCUT2D eigenvalue weighted by Crippen LogP contribution is -2.44. The summed E-state index contributed by atoms with van der Waals surface area (Å²) in [4.78, 5) is 13.8. The summed E-state index contributed by atoms with van der Waals surface area (Å²) in [5.74, 6) is 0.0134. The second-order valence-electron chi connectivity index (χ2n) is 7.50. The quantitative estimate of drug-likeness (QED) is 0.801. The van der Waals surface area contributed by atoms with E-state index in [4.69, 9.17) is 15.2 Å². The van der Waals surface area contributed by atoms with E-state index in [2.05, 4.69) is 0 Å². The molecule has 1 saturated heterocycles. The first-order valence-corrected chi connectivity index (χ1v) is 8.53. The second-order valence-corrected chi connectivity index (χ2v) is 7.50. The van der Waals surface area contributed by atoms with E-state index in [1.165, 1.54) is 6.07 Å². The number of alkyl halides is 3. The Labute approximate surface area is 151 Å². The topological polar surface area (TPSA) is 64.8 Å². The summed E-state index contributed by atoms with van der Waals surface area (Å²) in [5, 5.41) is 0. The van der Waals surface area contributed by atoms with Crippen LogP contribution >= 0.6 is 0 Å². The number of rotatable bonds is 3. The van der Waals surface area contributed by atoms with Crippen molar-refractivity contribution in [2.45, 2.75) is 45.4 Å². The molecule has 8 heteroatoms. The number of hydrogen-bond acceptors (Lipinski definition) is 4. The molecular formula is C18H25F3N2O3. The molecule has 1 atom stereocenters. The number of benzene rings is 1. The van der Waals surface area contributed by atoms with Gasteiger partial charge in [0.15, 0.2) is 0 Å². The van der Waals surface area contributed by atoms with Gasteiger partial charge in [-0.05, 0) is 51.8 Å². The van der Waals surface area contributed by atoms with Gasteiger partial charge in [0.1, 0.15) is 11.4 Å².